The van der Waals surface area contributed by atoms with E-state index in [1.165, 1.54) is 51.6 Å². The predicted octanol–water partition coefficient (Wildman–Crippen LogP) is 3.26. The van der Waals surface area contributed by atoms with Crippen LogP contribution in [-0.2, 0) is 4.79 Å². The summed E-state index contributed by atoms with van der Waals surface area (Å²) in [7, 11) is 0. The molecule has 1 saturated carbocycles. The summed E-state index contributed by atoms with van der Waals surface area (Å²) in [6.45, 7) is 5.76. The Bertz CT molecular complexity index is 245. The van der Waals surface area contributed by atoms with Gasteiger partial charge < -0.3 is 4.90 Å². The lowest BCUT2D eigenvalue weighted by Gasteiger charge is -2.34. The largest absolute Gasteiger partial charge is 0.303 e. The van der Waals surface area contributed by atoms with Gasteiger partial charge in [-0.2, -0.15) is 0 Å². The van der Waals surface area contributed by atoms with E-state index in [1.807, 2.05) is 0 Å². The van der Waals surface area contributed by atoms with Gasteiger partial charge >= 0.3 is 0 Å². The van der Waals surface area contributed by atoms with Crippen molar-refractivity contribution in [2.24, 2.45) is 11.8 Å². The Kier molecular flexibility index (Phi) is 5.02. The summed E-state index contributed by atoms with van der Waals surface area (Å²) in [5.74, 6) is 1.73. The van der Waals surface area contributed by atoms with E-state index in [2.05, 4.69) is 11.8 Å². The van der Waals surface area contributed by atoms with E-state index in [9.17, 15) is 4.79 Å². The molecule has 2 heteroatoms. The van der Waals surface area contributed by atoms with Crippen molar-refractivity contribution in [1.82, 2.24) is 4.90 Å². The number of likely N-dealkylation sites (tertiary alicyclic amines) is 1. The second-order valence-electron chi connectivity index (χ2n) is 5.95. The molecular weight excluding hydrogens is 210 g/mol. The molecule has 0 aromatic rings. The van der Waals surface area contributed by atoms with E-state index in [1.54, 1.807) is 0 Å². The summed E-state index contributed by atoms with van der Waals surface area (Å²) < 4.78 is 0. The number of rotatable bonds is 4. The molecule has 1 heterocycles. The molecule has 0 bridgehead atoms. The van der Waals surface area contributed by atoms with Crippen LogP contribution in [0.2, 0.25) is 0 Å². The highest BCUT2D eigenvalue weighted by atomic mass is 16.1. The summed E-state index contributed by atoms with van der Waals surface area (Å²) in [6.07, 6.45) is 9.82. The Morgan fingerprint density at radius 3 is 2.71 bits per heavy atom. The lowest BCUT2D eigenvalue weighted by atomic mass is 9.78. The third kappa shape index (κ3) is 3.80. The zero-order chi connectivity index (χ0) is 12.1. The van der Waals surface area contributed by atoms with Crippen LogP contribution in [0, 0.1) is 11.8 Å². The highest BCUT2D eigenvalue weighted by molar-refractivity contribution is 5.81. The number of nitrogens with zero attached hydrogens (tertiary/aromatic N) is 1. The van der Waals surface area contributed by atoms with Gasteiger partial charge in [-0.25, -0.2) is 0 Å². The third-order valence-electron chi connectivity index (χ3n) is 4.50. The highest BCUT2D eigenvalue weighted by Gasteiger charge is 2.29. The fourth-order valence-corrected chi connectivity index (χ4v) is 3.50. The van der Waals surface area contributed by atoms with Crippen molar-refractivity contribution in [3.05, 3.63) is 0 Å². The first-order chi connectivity index (χ1) is 8.29. The Balaban J connectivity index is 1.82. The average Bonchev–Trinajstić information content (AvgIpc) is 2.35. The van der Waals surface area contributed by atoms with Gasteiger partial charge in [0.15, 0.2) is 0 Å². The number of Topliss-reactive ketones (excluding diaryl/α,β-unsaturated/α-hetero) is 1. The van der Waals surface area contributed by atoms with Crippen LogP contribution in [0.3, 0.4) is 0 Å². The molecule has 0 aromatic carbocycles. The summed E-state index contributed by atoms with van der Waals surface area (Å²) in [4.78, 5) is 14.5. The van der Waals surface area contributed by atoms with E-state index < -0.39 is 0 Å². The van der Waals surface area contributed by atoms with E-state index in [4.69, 9.17) is 0 Å². The minimum atomic E-state index is 0.360. The van der Waals surface area contributed by atoms with Crippen LogP contribution in [0.25, 0.3) is 0 Å². The minimum absolute atomic E-state index is 0.360. The zero-order valence-corrected chi connectivity index (χ0v) is 11.3. The zero-order valence-electron chi connectivity index (χ0n) is 11.3. The number of hydrogen-bond donors (Lipinski definition) is 0. The average molecular weight is 237 g/mol. The van der Waals surface area contributed by atoms with Crippen LogP contribution in [0.5, 0.6) is 0 Å². The molecule has 0 N–H and O–H groups in total. The highest BCUT2D eigenvalue weighted by Crippen LogP contribution is 2.30. The van der Waals surface area contributed by atoms with Gasteiger partial charge in [-0.1, -0.05) is 26.2 Å². The second kappa shape index (κ2) is 6.53. The van der Waals surface area contributed by atoms with Crippen LogP contribution in [0.1, 0.15) is 58.3 Å². The molecule has 2 fully saturated rings. The quantitative estimate of drug-likeness (QED) is 0.748. The Labute approximate surface area is 106 Å². The van der Waals surface area contributed by atoms with Gasteiger partial charge in [-0.05, 0) is 44.7 Å². The Morgan fingerprint density at radius 2 is 2.00 bits per heavy atom. The summed E-state index contributed by atoms with van der Waals surface area (Å²) in [5, 5.41) is 0. The van der Waals surface area contributed by atoms with Crippen molar-refractivity contribution >= 4 is 5.78 Å². The molecule has 2 aliphatic rings. The molecule has 2 rings (SSSR count). The maximum Gasteiger partial charge on any atom is 0.137 e. The van der Waals surface area contributed by atoms with Gasteiger partial charge in [0, 0.05) is 18.9 Å². The summed E-state index contributed by atoms with van der Waals surface area (Å²) in [6, 6.07) is 0. The van der Waals surface area contributed by atoms with E-state index in [0.717, 1.165) is 25.3 Å². The van der Waals surface area contributed by atoms with Crippen LogP contribution in [0.4, 0.5) is 0 Å². The van der Waals surface area contributed by atoms with Gasteiger partial charge in [0.25, 0.3) is 0 Å². The minimum Gasteiger partial charge on any atom is -0.303 e. The molecule has 0 aromatic heterocycles. The molecular formula is C15H27NO. The lowest BCUT2D eigenvalue weighted by Crippen LogP contribution is -2.39. The molecule has 0 amide bonds. The summed E-state index contributed by atoms with van der Waals surface area (Å²) in [5.41, 5.74) is 0. The van der Waals surface area contributed by atoms with Gasteiger partial charge in [0.2, 0.25) is 0 Å². The van der Waals surface area contributed by atoms with Crippen LogP contribution in [0.15, 0.2) is 0 Å². The van der Waals surface area contributed by atoms with Crippen LogP contribution in [-0.4, -0.2) is 30.3 Å². The van der Waals surface area contributed by atoms with Crippen molar-refractivity contribution in [3.8, 4) is 0 Å². The number of hydrogen-bond acceptors (Lipinski definition) is 2. The fourth-order valence-electron chi connectivity index (χ4n) is 3.50. The Hall–Kier alpha value is -0.370. The van der Waals surface area contributed by atoms with Crippen molar-refractivity contribution in [1.29, 1.82) is 0 Å². The predicted molar refractivity (Wildman–Crippen MR) is 71.0 cm³/mol. The normalized spacial score (nSPS) is 31.7. The first-order valence-corrected chi connectivity index (χ1v) is 7.54. The molecule has 1 saturated heterocycles. The molecule has 17 heavy (non-hydrogen) atoms. The topological polar surface area (TPSA) is 20.3 Å². The van der Waals surface area contributed by atoms with E-state index in [-0.39, 0.29) is 0 Å². The van der Waals surface area contributed by atoms with Crippen molar-refractivity contribution in [3.63, 3.8) is 0 Å². The second-order valence-corrected chi connectivity index (χ2v) is 5.95. The molecule has 1 aliphatic heterocycles. The molecule has 98 valence electrons. The number of carbonyl (C=O) groups excluding carboxylic acids is 1. The van der Waals surface area contributed by atoms with Crippen LogP contribution < -0.4 is 0 Å². The lowest BCUT2D eigenvalue weighted by molar-refractivity contribution is -0.126. The van der Waals surface area contributed by atoms with Gasteiger partial charge in [0.1, 0.15) is 5.78 Å². The monoisotopic (exact) mass is 237 g/mol. The SMILES string of the molecule is CCCC1CCC(=O)C(CN2CCCCC2)C1. The Morgan fingerprint density at radius 1 is 1.24 bits per heavy atom. The van der Waals surface area contributed by atoms with Gasteiger partial charge in [-0.15, -0.1) is 0 Å². The number of piperidine rings is 1. The first-order valence-electron chi connectivity index (χ1n) is 7.54. The van der Waals surface area contributed by atoms with E-state index in [0.29, 0.717) is 11.7 Å². The molecule has 2 atom stereocenters. The maximum atomic E-state index is 12.0. The molecule has 2 nitrogen and oxygen atoms in total. The molecule has 2 unspecified atom stereocenters. The van der Waals surface area contributed by atoms with Crippen LogP contribution >= 0.6 is 0 Å². The molecule has 0 radical (unpaired) electrons. The van der Waals surface area contributed by atoms with E-state index >= 15 is 0 Å². The maximum absolute atomic E-state index is 12.0. The van der Waals surface area contributed by atoms with Crippen molar-refractivity contribution in [2.45, 2.75) is 58.3 Å². The number of carbonyl (C=O) groups is 1. The number of ketones is 1. The smallest absolute Gasteiger partial charge is 0.137 e. The molecule has 1 aliphatic carbocycles. The standard InChI is InChI=1S/C15H27NO/c1-2-6-13-7-8-15(17)14(11-13)12-16-9-4-3-5-10-16/h13-14H,2-12H2,1H3. The summed E-state index contributed by atoms with van der Waals surface area (Å²) >= 11 is 0. The van der Waals surface area contributed by atoms with Crippen molar-refractivity contribution < 1.29 is 4.79 Å². The van der Waals surface area contributed by atoms with Gasteiger partial charge in [0.05, 0.1) is 0 Å². The third-order valence-corrected chi connectivity index (χ3v) is 4.50. The van der Waals surface area contributed by atoms with Crippen molar-refractivity contribution in [2.75, 3.05) is 19.6 Å². The fraction of sp³-hybridized carbons (Fsp3) is 0.933. The van der Waals surface area contributed by atoms with Gasteiger partial charge in [-0.3, -0.25) is 4.79 Å². The first kappa shape index (κ1) is 13.1. The molecule has 0 spiro atoms.